The van der Waals surface area contributed by atoms with Crippen molar-refractivity contribution in [2.45, 2.75) is 44.2 Å². The van der Waals surface area contributed by atoms with Crippen LogP contribution in [0.3, 0.4) is 0 Å². The zero-order valence-electron chi connectivity index (χ0n) is 15.6. The highest BCUT2D eigenvalue weighted by Crippen LogP contribution is 2.46. The summed E-state index contributed by atoms with van der Waals surface area (Å²) in [4.78, 5) is 14.9. The Morgan fingerprint density at radius 1 is 1.08 bits per heavy atom. The summed E-state index contributed by atoms with van der Waals surface area (Å²) in [6.07, 6.45) is 3.62. The van der Waals surface area contributed by atoms with Gasteiger partial charge in [-0.05, 0) is 56.8 Å². The molecule has 0 amide bonds. The fraction of sp³-hybridized carbons (Fsp3) is 0.435. The third-order valence-electron chi connectivity index (χ3n) is 6.35. The Balaban J connectivity index is 1.53. The molecule has 3 nitrogen and oxygen atoms in total. The molecule has 26 heavy (non-hydrogen) atoms. The van der Waals surface area contributed by atoms with Crippen LogP contribution in [0.25, 0.3) is 0 Å². The summed E-state index contributed by atoms with van der Waals surface area (Å²) in [6, 6.07) is 19.4. The molecule has 1 unspecified atom stereocenters. The van der Waals surface area contributed by atoms with Crippen LogP contribution in [0.15, 0.2) is 54.6 Å². The van der Waals surface area contributed by atoms with Crippen molar-refractivity contribution in [1.82, 2.24) is 4.90 Å². The minimum Gasteiger partial charge on any atom is -0.462 e. The van der Waals surface area contributed by atoms with E-state index in [2.05, 4.69) is 43.1 Å². The van der Waals surface area contributed by atoms with Gasteiger partial charge in [-0.15, -0.1) is 0 Å². The van der Waals surface area contributed by atoms with E-state index in [1.54, 1.807) is 0 Å². The number of ether oxygens (including phenoxy) is 1. The van der Waals surface area contributed by atoms with Crippen LogP contribution in [0, 0.1) is 12.8 Å². The molecular weight excluding hydrogens is 322 g/mol. The molecule has 136 valence electrons. The summed E-state index contributed by atoms with van der Waals surface area (Å²) in [5.74, 6) is 0.609. The average Bonchev–Trinajstić information content (AvgIpc) is 2.91. The molecule has 3 heteroatoms. The number of rotatable bonds is 4. The maximum atomic E-state index is 12.4. The molecule has 2 aliphatic heterocycles. The number of esters is 1. The van der Waals surface area contributed by atoms with Gasteiger partial charge in [0.1, 0.15) is 0 Å². The molecule has 2 saturated heterocycles. The minimum atomic E-state index is -0.212. The molecular formula is C23H27NO2. The number of carbonyl (C=O) groups is 1. The smallest absolute Gasteiger partial charge is 0.338 e. The number of nitrogens with zero attached hydrogens (tertiary/aromatic N) is 1. The summed E-state index contributed by atoms with van der Waals surface area (Å²) < 4.78 is 5.78. The molecule has 0 aromatic heterocycles. The number of hydrogen-bond acceptors (Lipinski definition) is 3. The van der Waals surface area contributed by atoms with Crippen molar-refractivity contribution >= 4 is 5.97 Å². The highest BCUT2D eigenvalue weighted by atomic mass is 16.5. The van der Waals surface area contributed by atoms with Gasteiger partial charge in [0, 0.05) is 18.0 Å². The number of piperidine rings is 1. The quantitative estimate of drug-likeness (QED) is 0.765. The van der Waals surface area contributed by atoms with Crippen molar-refractivity contribution in [2.24, 2.45) is 5.92 Å². The van der Waals surface area contributed by atoms with Gasteiger partial charge >= 0.3 is 5.97 Å². The zero-order valence-corrected chi connectivity index (χ0v) is 15.6. The lowest BCUT2D eigenvalue weighted by atomic mass is 9.76. The second-order valence-corrected chi connectivity index (χ2v) is 7.85. The molecule has 0 saturated carbocycles. The second kappa shape index (κ2) is 7.24. The van der Waals surface area contributed by atoms with E-state index in [1.165, 1.54) is 24.0 Å². The summed E-state index contributed by atoms with van der Waals surface area (Å²) in [7, 11) is 2.24. The second-order valence-electron chi connectivity index (χ2n) is 7.85. The van der Waals surface area contributed by atoms with E-state index >= 15 is 0 Å². The van der Waals surface area contributed by atoms with Crippen molar-refractivity contribution in [3.63, 3.8) is 0 Å². The van der Waals surface area contributed by atoms with Gasteiger partial charge in [-0.25, -0.2) is 4.79 Å². The lowest BCUT2D eigenvalue weighted by Crippen LogP contribution is -2.47. The van der Waals surface area contributed by atoms with Gasteiger partial charge in [-0.3, -0.25) is 0 Å². The number of hydrogen-bond donors (Lipinski definition) is 0. The average molecular weight is 349 g/mol. The Morgan fingerprint density at radius 3 is 2.54 bits per heavy atom. The number of aryl methyl sites for hydroxylation is 1. The van der Waals surface area contributed by atoms with E-state index in [0.717, 1.165) is 6.42 Å². The first-order valence-electron chi connectivity index (χ1n) is 9.64. The number of benzene rings is 2. The van der Waals surface area contributed by atoms with Crippen molar-refractivity contribution in [3.05, 3.63) is 71.3 Å². The first-order chi connectivity index (χ1) is 12.6. The molecule has 4 rings (SSSR count). The van der Waals surface area contributed by atoms with E-state index in [4.69, 9.17) is 4.74 Å². The largest absolute Gasteiger partial charge is 0.462 e. The van der Waals surface area contributed by atoms with Crippen molar-refractivity contribution < 1.29 is 9.53 Å². The Labute approximate surface area is 156 Å². The molecule has 2 aromatic carbocycles. The summed E-state index contributed by atoms with van der Waals surface area (Å²) in [6.45, 7) is 2.62. The fourth-order valence-corrected chi connectivity index (χ4v) is 4.83. The van der Waals surface area contributed by atoms with Crippen LogP contribution in [-0.2, 0) is 4.74 Å². The van der Waals surface area contributed by atoms with Gasteiger partial charge in [0.25, 0.3) is 0 Å². The Bertz CT molecular complexity index is 756. The van der Waals surface area contributed by atoms with Crippen molar-refractivity contribution in [2.75, 3.05) is 13.7 Å². The van der Waals surface area contributed by atoms with Gasteiger partial charge in [0.2, 0.25) is 0 Å². The van der Waals surface area contributed by atoms with Crippen LogP contribution in [0.4, 0.5) is 0 Å². The van der Waals surface area contributed by atoms with Crippen LogP contribution < -0.4 is 0 Å². The Kier molecular flexibility index (Phi) is 4.82. The van der Waals surface area contributed by atoms with E-state index in [1.807, 2.05) is 30.3 Å². The molecule has 4 atom stereocenters. The number of carbonyl (C=O) groups excluding carboxylic acids is 1. The van der Waals surface area contributed by atoms with Gasteiger partial charge in [0.15, 0.2) is 0 Å². The van der Waals surface area contributed by atoms with Crippen molar-refractivity contribution in [3.8, 4) is 0 Å². The summed E-state index contributed by atoms with van der Waals surface area (Å²) in [5.41, 5.74) is 3.31. The number of fused-ring (bicyclic) bond motifs is 2. The molecule has 0 radical (unpaired) electrons. The third-order valence-corrected chi connectivity index (χ3v) is 6.35. The lowest BCUT2D eigenvalue weighted by molar-refractivity contribution is 0.0187. The van der Waals surface area contributed by atoms with E-state index in [-0.39, 0.29) is 5.97 Å². The zero-order chi connectivity index (χ0) is 18.1. The summed E-state index contributed by atoms with van der Waals surface area (Å²) in [5, 5.41) is 0. The normalized spacial score (nSPS) is 28.1. The molecule has 2 fully saturated rings. The first kappa shape index (κ1) is 17.3. The molecule has 0 spiro atoms. The SMILES string of the molecule is Cc1ccc([C@H]2CC3CC[C@H]([C@@H]2COC(=O)c2ccccc2)N3C)cc1. The van der Waals surface area contributed by atoms with E-state index in [9.17, 15) is 4.79 Å². The monoisotopic (exact) mass is 349 g/mol. The Morgan fingerprint density at radius 2 is 1.81 bits per heavy atom. The maximum Gasteiger partial charge on any atom is 0.338 e. The van der Waals surface area contributed by atoms with E-state index < -0.39 is 0 Å². The van der Waals surface area contributed by atoms with Crippen LogP contribution >= 0.6 is 0 Å². The predicted molar refractivity (Wildman–Crippen MR) is 103 cm³/mol. The molecule has 2 aromatic rings. The van der Waals surface area contributed by atoms with Gasteiger partial charge in [-0.2, -0.15) is 0 Å². The maximum absolute atomic E-state index is 12.4. The molecule has 2 bridgehead atoms. The fourth-order valence-electron chi connectivity index (χ4n) is 4.83. The van der Waals surface area contributed by atoms with Gasteiger partial charge in [-0.1, -0.05) is 48.0 Å². The molecule has 2 aliphatic rings. The lowest BCUT2D eigenvalue weighted by Gasteiger charge is -2.43. The molecule has 2 heterocycles. The van der Waals surface area contributed by atoms with Crippen molar-refractivity contribution in [1.29, 1.82) is 0 Å². The molecule has 0 N–H and O–H groups in total. The Hall–Kier alpha value is -2.13. The van der Waals surface area contributed by atoms with Gasteiger partial charge in [0.05, 0.1) is 12.2 Å². The van der Waals surface area contributed by atoms with Crippen LogP contribution in [0.5, 0.6) is 0 Å². The highest BCUT2D eigenvalue weighted by Gasteiger charge is 2.46. The van der Waals surface area contributed by atoms with Crippen LogP contribution in [0.1, 0.15) is 46.7 Å². The van der Waals surface area contributed by atoms with E-state index in [0.29, 0.717) is 36.1 Å². The molecule has 0 aliphatic carbocycles. The van der Waals surface area contributed by atoms with Crippen LogP contribution in [-0.4, -0.2) is 36.6 Å². The minimum absolute atomic E-state index is 0.212. The summed E-state index contributed by atoms with van der Waals surface area (Å²) >= 11 is 0. The highest BCUT2D eigenvalue weighted by molar-refractivity contribution is 5.89. The first-order valence-corrected chi connectivity index (χ1v) is 9.64. The predicted octanol–water partition coefficient (Wildman–Crippen LogP) is 4.42. The topological polar surface area (TPSA) is 29.5 Å². The third kappa shape index (κ3) is 3.28. The van der Waals surface area contributed by atoms with Gasteiger partial charge < -0.3 is 9.64 Å². The van der Waals surface area contributed by atoms with Crippen LogP contribution in [0.2, 0.25) is 0 Å². The standard InChI is InChI=1S/C23H27NO2/c1-16-8-10-17(11-9-16)20-14-19-12-13-22(24(19)2)21(20)15-26-23(25)18-6-4-3-5-7-18/h3-11,19-22H,12-15H2,1-2H3/t19?,20-,21-,22-/m1/s1.